The molecule has 2 aliphatic heterocycles. The number of amides is 2. The van der Waals surface area contributed by atoms with Crippen molar-refractivity contribution in [1.29, 1.82) is 0 Å². The summed E-state index contributed by atoms with van der Waals surface area (Å²) in [5.74, 6) is 1.55. The van der Waals surface area contributed by atoms with Gasteiger partial charge in [0.25, 0.3) is 0 Å². The van der Waals surface area contributed by atoms with Crippen LogP contribution in [0.4, 0.5) is 0 Å². The first-order valence-electron chi connectivity index (χ1n) is 10.1. The third-order valence-corrected chi connectivity index (χ3v) is 5.97. The van der Waals surface area contributed by atoms with Gasteiger partial charge in [0.1, 0.15) is 5.82 Å². The van der Waals surface area contributed by atoms with Crippen LogP contribution in [0.2, 0.25) is 0 Å². The number of likely N-dealkylation sites (tertiary alicyclic amines) is 2. The summed E-state index contributed by atoms with van der Waals surface area (Å²) in [6, 6.07) is 8.16. The number of nitrogens with zero attached hydrogens (tertiary/aromatic N) is 4. The number of carbonyl (C=O) groups is 2. The maximum absolute atomic E-state index is 12.7. The molecule has 1 aromatic heterocycles. The Kier molecular flexibility index (Phi) is 5.14. The molecule has 0 aliphatic carbocycles. The minimum atomic E-state index is 0.103. The van der Waals surface area contributed by atoms with Gasteiger partial charge in [0, 0.05) is 52.0 Å². The van der Waals surface area contributed by atoms with E-state index in [1.54, 1.807) is 0 Å². The zero-order chi connectivity index (χ0) is 18.8. The minimum Gasteiger partial charge on any atom is -0.343 e. The van der Waals surface area contributed by atoms with E-state index in [1.165, 1.54) is 0 Å². The number of imidazole rings is 1. The van der Waals surface area contributed by atoms with Gasteiger partial charge in [-0.25, -0.2) is 4.98 Å². The first-order valence-corrected chi connectivity index (χ1v) is 10.1. The number of carbonyl (C=O) groups excluding carboxylic acids is 2. The van der Waals surface area contributed by atoms with Crippen LogP contribution in [0.25, 0.3) is 11.0 Å². The number of aromatic nitrogens is 2. The fourth-order valence-electron chi connectivity index (χ4n) is 4.44. The van der Waals surface area contributed by atoms with Gasteiger partial charge in [-0.2, -0.15) is 0 Å². The van der Waals surface area contributed by atoms with Crippen molar-refractivity contribution >= 4 is 22.8 Å². The molecule has 27 heavy (non-hydrogen) atoms. The Morgan fingerprint density at radius 2 is 1.67 bits per heavy atom. The molecule has 0 radical (unpaired) electrons. The topological polar surface area (TPSA) is 58.4 Å². The van der Waals surface area contributed by atoms with E-state index in [4.69, 9.17) is 4.98 Å². The number of piperidine rings is 1. The lowest BCUT2D eigenvalue weighted by Gasteiger charge is -2.32. The molecule has 2 aliphatic rings. The Bertz CT molecular complexity index is 838. The number of hydrogen-bond acceptors (Lipinski definition) is 3. The summed E-state index contributed by atoms with van der Waals surface area (Å²) in [5, 5.41) is 0. The normalized spacial score (nSPS) is 20.4. The van der Waals surface area contributed by atoms with Gasteiger partial charge in [-0.3, -0.25) is 9.59 Å². The average molecular weight is 368 g/mol. The van der Waals surface area contributed by atoms with Crippen molar-refractivity contribution in [3.8, 4) is 0 Å². The summed E-state index contributed by atoms with van der Waals surface area (Å²) in [7, 11) is 2.06. The Labute approximate surface area is 160 Å². The molecule has 0 spiro atoms. The van der Waals surface area contributed by atoms with Crippen LogP contribution in [0.15, 0.2) is 24.3 Å². The average Bonchev–Trinajstić information content (AvgIpc) is 3.35. The highest BCUT2D eigenvalue weighted by Gasteiger charge is 2.28. The van der Waals surface area contributed by atoms with Gasteiger partial charge < -0.3 is 14.4 Å². The number of para-hydroxylation sites is 2. The number of benzene rings is 1. The summed E-state index contributed by atoms with van der Waals surface area (Å²) >= 11 is 0. The Morgan fingerprint density at radius 1 is 1.00 bits per heavy atom. The lowest BCUT2D eigenvalue weighted by atomic mass is 9.96. The first-order chi connectivity index (χ1) is 13.1. The molecule has 0 N–H and O–H groups in total. The van der Waals surface area contributed by atoms with Crippen molar-refractivity contribution < 1.29 is 9.59 Å². The van der Waals surface area contributed by atoms with Crippen molar-refractivity contribution in [3.63, 3.8) is 0 Å². The number of rotatable bonds is 4. The molecule has 2 aromatic rings. The zero-order valence-corrected chi connectivity index (χ0v) is 16.1. The van der Waals surface area contributed by atoms with Gasteiger partial charge in [-0.1, -0.05) is 12.1 Å². The maximum Gasteiger partial charge on any atom is 0.223 e. The molecule has 3 heterocycles. The Morgan fingerprint density at radius 3 is 2.41 bits per heavy atom. The van der Waals surface area contributed by atoms with Gasteiger partial charge >= 0.3 is 0 Å². The summed E-state index contributed by atoms with van der Waals surface area (Å²) < 4.78 is 2.16. The quantitative estimate of drug-likeness (QED) is 0.834. The second kappa shape index (κ2) is 7.71. The van der Waals surface area contributed by atoms with Crippen molar-refractivity contribution in [2.45, 2.75) is 44.4 Å². The van der Waals surface area contributed by atoms with Crippen LogP contribution in [0.5, 0.6) is 0 Å². The molecule has 2 saturated heterocycles. The minimum absolute atomic E-state index is 0.103. The molecular weight excluding hydrogens is 340 g/mol. The van der Waals surface area contributed by atoms with Gasteiger partial charge in [-0.15, -0.1) is 0 Å². The van der Waals surface area contributed by atoms with Crippen molar-refractivity contribution in [2.75, 3.05) is 26.2 Å². The van der Waals surface area contributed by atoms with Crippen LogP contribution in [-0.2, 0) is 16.6 Å². The first kappa shape index (κ1) is 18.0. The van der Waals surface area contributed by atoms with Gasteiger partial charge in [0.05, 0.1) is 11.0 Å². The lowest BCUT2D eigenvalue weighted by Crippen LogP contribution is -2.40. The lowest BCUT2D eigenvalue weighted by molar-refractivity contribution is -0.137. The number of fused-ring (bicyclic) bond motifs is 1. The van der Waals surface area contributed by atoms with Crippen LogP contribution >= 0.6 is 0 Å². The second-order valence-electron chi connectivity index (χ2n) is 7.78. The molecule has 0 saturated carbocycles. The van der Waals surface area contributed by atoms with Crippen LogP contribution in [0.3, 0.4) is 0 Å². The van der Waals surface area contributed by atoms with E-state index in [2.05, 4.69) is 17.7 Å². The molecule has 2 amide bonds. The third-order valence-electron chi connectivity index (χ3n) is 5.97. The van der Waals surface area contributed by atoms with E-state index < -0.39 is 0 Å². The molecule has 2 fully saturated rings. The smallest absolute Gasteiger partial charge is 0.223 e. The highest BCUT2D eigenvalue weighted by atomic mass is 16.2. The van der Waals surface area contributed by atoms with E-state index in [1.807, 2.05) is 28.0 Å². The van der Waals surface area contributed by atoms with Crippen LogP contribution in [0, 0.1) is 0 Å². The molecule has 1 atom stereocenters. The maximum atomic E-state index is 12.7. The summed E-state index contributed by atoms with van der Waals surface area (Å²) in [6.45, 7) is 3.20. The molecule has 0 bridgehead atoms. The summed E-state index contributed by atoms with van der Waals surface area (Å²) in [4.78, 5) is 33.5. The van der Waals surface area contributed by atoms with Crippen LogP contribution in [-0.4, -0.2) is 57.3 Å². The van der Waals surface area contributed by atoms with Gasteiger partial charge in [0.2, 0.25) is 11.8 Å². The van der Waals surface area contributed by atoms with E-state index in [0.717, 1.165) is 62.2 Å². The SMILES string of the molecule is Cn1c(C2CCCN(C(=O)CCC(=O)N3CCCC3)C2)nc2ccccc21. The van der Waals surface area contributed by atoms with Crippen molar-refractivity contribution in [3.05, 3.63) is 30.1 Å². The summed E-state index contributed by atoms with van der Waals surface area (Å²) in [5.41, 5.74) is 2.14. The van der Waals surface area contributed by atoms with E-state index in [0.29, 0.717) is 19.4 Å². The zero-order valence-electron chi connectivity index (χ0n) is 16.1. The number of aryl methyl sites for hydroxylation is 1. The van der Waals surface area contributed by atoms with E-state index in [9.17, 15) is 9.59 Å². The fraction of sp³-hybridized carbons (Fsp3) is 0.571. The third kappa shape index (κ3) is 3.70. The Hall–Kier alpha value is -2.37. The van der Waals surface area contributed by atoms with Crippen molar-refractivity contribution in [2.24, 2.45) is 7.05 Å². The predicted molar refractivity (Wildman–Crippen MR) is 104 cm³/mol. The highest BCUT2D eigenvalue weighted by Crippen LogP contribution is 2.29. The second-order valence-corrected chi connectivity index (χ2v) is 7.78. The van der Waals surface area contributed by atoms with Crippen molar-refractivity contribution in [1.82, 2.24) is 19.4 Å². The standard InChI is InChI=1S/C21H28N4O2/c1-23-18-9-3-2-8-17(18)22-21(23)16-7-6-14-25(15-16)20(27)11-10-19(26)24-12-4-5-13-24/h2-3,8-9,16H,4-7,10-15H2,1H3. The molecule has 1 unspecified atom stereocenters. The number of hydrogen-bond donors (Lipinski definition) is 0. The molecule has 6 heteroatoms. The molecule has 144 valence electrons. The predicted octanol–water partition coefficient (Wildman–Crippen LogP) is 2.68. The Balaban J connectivity index is 1.39. The van der Waals surface area contributed by atoms with Gasteiger partial charge in [0.15, 0.2) is 0 Å². The molecule has 1 aromatic carbocycles. The monoisotopic (exact) mass is 368 g/mol. The van der Waals surface area contributed by atoms with E-state index >= 15 is 0 Å². The fourth-order valence-corrected chi connectivity index (χ4v) is 4.44. The van der Waals surface area contributed by atoms with Crippen LogP contribution in [0.1, 0.15) is 50.3 Å². The largest absolute Gasteiger partial charge is 0.343 e. The summed E-state index contributed by atoms with van der Waals surface area (Å²) in [6.07, 6.45) is 4.88. The van der Waals surface area contributed by atoms with Gasteiger partial charge in [-0.05, 0) is 37.8 Å². The van der Waals surface area contributed by atoms with Crippen LogP contribution < -0.4 is 0 Å². The molecular formula is C21H28N4O2. The van der Waals surface area contributed by atoms with E-state index in [-0.39, 0.29) is 17.7 Å². The highest BCUT2D eigenvalue weighted by molar-refractivity contribution is 5.84. The molecule has 4 rings (SSSR count). The molecule has 6 nitrogen and oxygen atoms in total.